The molecule has 1 aromatic carbocycles. The van der Waals surface area contributed by atoms with Crippen LogP contribution < -0.4 is 16.0 Å². The quantitative estimate of drug-likeness (QED) is 0.369. The summed E-state index contributed by atoms with van der Waals surface area (Å²) in [5.74, 6) is -0.598. The second-order valence-electron chi connectivity index (χ2n) is 6.98. The first kappa shape index (κ1) is 24.3. The minimum atomic E-state index is -0.715. The Balaban J connectivity index is 2.56. The van der Waals surface area contributed by atoms with E-state index in [1.165, 1.54) is 13.8 Å². The first-order valence-corrected chi connectivity index (χ1v) is 9.85. The lowest BCUT2D eigenvalue weighted by atomic mass is 10.0. The zero-order valence-corrected chi connectivity index (χ0v) is 17.1. The third-order valence-corrected chi connectivity index (χ3v) is 4.19. The van der Waals surface area contributed by atoms with Gasteiger partial charge >= 0.3 is 0 Å². The highest BCUT2D eigenvalue weighted by Crippen LogP contribution is 2.13. The van der Waals surface area contributed by atoms with Crippen LogP contribution >= 0.6 is 0 Å². The number of carbonyl (C=O) groups excluding carboxylic acids is 4. The summed E-state index contributed by atoms with van der Waals surface area (Å²) in [6.45, 7) is 3.21. The lowest BCUT2D eigenvalue weighted by molar-refractivity contribution is -0.128. The average Bonchev–Trinajstić information content (AvgIpc) is 2.66. The molecule has 1 atom stereocenters. The second kappa shape index (κ2) is 13.4. The van der Waals surface area contributed by atoms with Crippen molar-refractivity contribution in [2.24, 2.45) is 0 Å². The van der Waals surface area contributed by atoms with E-state index in [1.807, 2.05) is 0 Å². The lowest BCUT2D eigenvalue weighted by Crippen LogP contribution is -2.47. The Morgan fingerprint density at radius 1 is 0.966 bits per heavy atom. The van der Waals surface area contributed by atoms with Crippen LogP contribution in [0.15, 0.2) is 24.3 Å². The number of unbranched alkanes of at least 4 members (excludes halogenated alkanes) is 1. The molecule has 0 saturated heterocycles. The summed E-state index contributed by atoms with van der Waals surface area (Å²) in [4.78, 5) is 46.5. The average molecular weight is 405 g/mol. The maximum absolute atomic E-state index is 12.3. The van der Waals surface area contributed by atoms with Crippen molar-refractivity contribution in [3.8, 4) is 0 Å². The van der Waals surface area contributed by atoms with Crippen molar-refractivity contribution >= 4 is 29.2 Å². The Hall–Kier alpha value is -2.74. The van der Waals surface area contributed by atoms with Gasteiger partial charge in [-0.15, -0.1) is 0 Å². The minimum absolute atomic E-state index is 0.0189. The van der Waals surface area contributed by atoms with Gasteiger partial charge in [0.25, 0.3) is 0 Å². The summed E-state index contributed by atoms with van der Waals surface area (Å²) >= 11 is 0. The highest BCUT2D eigenvalue weighted by Gasteiger charge is 2.19. The van der Waals surface area contributed by atoms with Crippen LogP contribution in [-0.4, -0.2) is 47.8 Å². The van der Waals surface area contributed by atoms with E-state index in [4.69, 9.17) is 5.11 Å². The van der Waals surface area contributed by atoms with Gasteiger partial charge in [-0.1, -0.05) is 12.1 Å². The summed E-state index contributed by atoms with van der Waals surface area (Å²) < 4.78 is 0. The van der Waals surface area contributed by atoms with Crippen LogP contribution in [0.5, 0.6) is 0 Å². The fourth-order valence-electron chi connectivity index (χ4n) is 2.71. The number of nitrogens with one attached hydrogen (secondary N) is 3. The molecule has 8 heteroatoms. The lowest BCUT2D eigenvalue weighted by Gasteiger charge is -2.18. The summed E-state index contributed by atoms with van der Waals surface area (Å²) in [6, 6.07) is 6.37. The monoisotopic (exact) mass is 405 g/mol. The van der Waals surface area contributed by atoms with Crippen molar-refractivity contribution in [2.45, 2.75) is 58.4 Å². The molecular formula is C21H31N3O5. The molecule has 160 valence electrons. The molecule has 0 spiro atoms. The van der Waals surface area contributed by atoms with Gasteiger partial charge in [-0.2, -0.15) is 0 Å². The zero-order chi connectivity index (χ0) is 21.6. The highest BCUT2D eigenvalue weighted by atomic mass is 16.3. The topological polar surface area (TPSA) is 125 Å². The van der Waals surface area contributed by atoms with Gasteiger partial charge in [0, 0.05) is 45.0 Å². The number of hydrogen-bond donors (Lipinski definition) is 4. The van der Waals surface area contributed by atoms with Gasteiger partial charge in [0.15, 0.2) is 0 Å². The highest BCUT2D eigenvalue weighted by molar-refractivity contribution is 5.90. The van der Waals surface area contributed by atoms with Crippen molar-refractivity contribution in [1.29, 1.82) is 0 Å². The molecule has 1 aromatic rings. The molecule has 0 radical (unpaired) electrons. The van der Waals surface area contributed by atoms with Crippen LogP contribution in [0.3, 0.4) is 0 Å². The van der Waals surface area contributed by atoms with Crippen molar-refractivity contribution in [3.63, 3.8) is 0 Å². The van der Waals surface area contributed by atoms with E-state index < -0.39 is 6.04 Å². The summed E-state index contributed by atoms with van der Waals surface area (Å²) in [6.07, 6.45) is 2.96. The number of ketones is 1. The van der Waals surface area contributed by atoms with Gasteiger partial charge in [-0.05, 0) is 43.9 Å². The summed E-state index contributed by atoms with van der Waals surface area (Å²) in [5.41, 5.74) is 1.48. The molecule has 29 heavy (non-hydrogen) atoms. The summed E-state index contributed by atoms with van der Waals surface area (Å²) in [5, 5.41) is 16.9. The van der Waals surface area contributed by atoms with Crippen LogP contribution in [0.2, 0.25) is 0 Å². The molecule has 0 saturated carbocycles. The van der Waals surface area contributed by atoms with E-state index in [-0.39, 0.29) is 30.1 Å². The number of Topliss-reactive ketones (excluding diaryl/α,β-unsaturated/α-hetero) is 1. The number of amides is 3. The van der Waals surface area contributed by atoms with E-state index in [9.17, 15) is 19.2 Å². The van der Waals surface area contributed by atoms with Gasteiger partial charge in [0.1, 0.15) is 11.8 Å². The SMILES string of the molecule is CC(=O)CCCCC(=O)Nc1ccc(C[C@H](NC(C)=O)C(=O)NCCCO)cc1. The third-order valence-electron chi connectivity index (χ3n) is 4.19. The Morgan fingerprint density at radius 3 is 2.21 bits per heavy atom. The standard InChI is InChI=1S/C21H31N3O5/c1-15(26)6-3-4-7-20(28)24-18-10-8-17(9-11-18)14-19(23-16(2)27)21(29)22-12-5-13-25/h8-11,19,25H,3-7,12-14H2,1-2H3,(H,22,29)(H,23,27)(H,24,28)/t19-/m0/s1. The third kappa shape index (κ3) is 11.0. The van der Waals surface area contributed by atoms with Crippen molar-refractivity contribution < 1.29 is 24.3 Å². The van der Waals surface area contributed by atoms with Gasteiger partial charge < -0.3 is 25.9 Å². The maximum atomic E-state index is 12.3. The smallest absolute Gasteiger partial charge is 0.242 e. The van der Waals surface area contributed by atoms with E-state index >= 15 is 0 Å². The molecule has 0 aliphatic carbocycles. The Morgan fingerprint density at radius 2 is 1.62 bits per heavy atom. The number of carbonyl (C=O) groups is 4. The number of rotatable bonds is 13. The summed E-state index contributed by atoms with van der Waals surface area (Å²) in [7, 11) is 0. The fraction of sp³-hybridized carbons (Fsp3) is 0.524. The van der Waals surface area contributed by atoms with Gasteiger partial charge in [-0.3, -0.25) is 14.4 Å². The number of hydrogen-bond acceptors (Lipinski definition) is 5. The maximum Gasteiger partial charge on any atom is 0.242 e. The molecule has 0 unspecified atom stereocenters. The van der Waals surface area contributed by atoms with Crippen molar-refractivity contribution in [1.82, 2.24) is 10.6 Å². The molecule has 1 rings (SSSR count). The predicted octanol–water partition coefficient (Wildman–Crippen LogP) is 1.32. The van der Waals surface area contributed by atoms with Crippen LogP contribution in [0, 0.1) is 0 Å². The Labute approximate surface area is 171 Å². The molecule has 0 aromatic heterocycles. The van der Waals surface area contributed by atoms with E-state index in [0.29, 0.717) is 50.8 Å². The van der Waals surface area contributed by atoms with Crippen LogP contribution in [0.25, 0.3) is 0 Å². The molecule has 0 bridgehead atoms. The molecule has 0 aliphatic heterocycles. The van der Waals surface area contributed by atoms with E-state index in [1.54, 1.807) is 24.3 Å². The zero-order valence-electron chi connectivity index (χ0n) is 17.1. The Kier molecular flexibility index (Phi) is 11.3. The molecule has 3 amide bonds. The number of aliphatic hydroxyl groups is 1. The van der Waals surface area contributed by atoms with Crippen molar-refractivity contribution in [2.75, 3.05) is 18.5 Å². The molecule has 0 heterocycles. The van der Waals surface area contributed by atoms with Crippen LogP contribution in [0.4, 0.5) is 5.69 Å². The van der Waals surface area contributed by atoms with Crippen LogP contribution in [-0.2, 0) is 25.6 Å². The first-order chi connectivity index (χ1) is 13.8. The number of anilines is 1. The Bertz CT molecular complexity index is 688. The first-order valence-electron chi connectivity index (χ1n) is 9.85. The number of benzene rings is 1. The molecule has 4 N–H and O–H groups in total. The normalized spacial score (nSPS) is 11.4. The van der Waals surface area contributed by atoms with E-state index in [0.717, 1.165) is 5.56 Å². The largest absolute Gasteiger partial charge is 0.396 e. The van der Waals surface area contributed by atoms with Gasteiger partial charge in [-0.25, -0.2) is 0 Å². The van der Waals surface area contributed by atoms with Gasteiger partial charge in [0.05, 0.1) is 0 Å². The predicted molar refractivity (Wildman–Crippen MR) is 110 cm³/mol. The minimum Gasteiger partial charge on any atom is -0.396 e. The number of aliphatic hydroxyl groups excluding tert-OH is 1. The second-order valence-corrected chi connectivity index (χ2v) is 6.98. The molecular weight excluding hydrogens is 374 g/mol. The molecule has 0 aliphatic rings. The fourth-order valence-corrected chi connectivity index (χ4v) is 2.71. The molecule has 8 nitrogen and oxygen atoms in total. The van der Waals surface area contributed by atoms with Crippen LogP contribution in [0.1, 0.15) is 51.5 Å². The van der Waals surface area contributed by atoms with Crippen molar-refractivity contribution in [3.05, 3.63) is 29.8 Å². The molecule has 0 fully saturated rings. The van der Waals surface area contributed by atoms with E-state index in [2.05, 4.69) is 16.0 Å². The van der Waals surface area contributed by atoms with Gasteiger partial charge in [0.2, 0.25) is 17.7 Å².